The topological polar surface area (TPSA) is 84.2 Å². The van der Waals surface area contributed by atoms with Gasteiger partial charge in [0.1, 0.15) is 5.82 Å². The number of benzene rings is 2. The summed E-state index contributed by atoms with van der Waals surface area (Å²) in [6.45, 7) is 0. The maximum atomic E-state index is 13.6. The summed E-state index contributed by atoms with van der Waals surface area (Å²) >= 11 is 0. The first kappa shape index (κ1) is 19.0. The fourth-order valence-electron chi connectivity index (χ4n) is 1.98. The van der Waals surface area contributed by atoms with E-state index in [1.54, 1.807) is 12.1 Å². The van der Waals surface area contributed by atoms with E-state index in [4.69, 9.17) is 5.73 Å². The minimum absolute atomic E-state index is 0.279. The van der Waals surface area contributed by atoms with Gasteiger partial charge in [-0.1, -0.05) is 12.1 Å². The van der Waals surface area contributed by atoms with Crippen molar-refractivity contribution >= 4 is 29.4 Å². The minimum Gasteiger partial charge on any atom is -0.366 e. The monoisotopic (exact) mass is 367 g/mol. The second-order valence-electron chi connectivity index (χ2n) is 5.13. The lowest BCUT2D eigenvalue weighted by Gasteiger charge is -2.12. The number of alkyl halides is 3. The highest BCUT2D eigenvalue weighted by atomic mass is 19.4. The van der Waals surface area contributed by atoms with Crippen molar-refractivity contribution in [3.05, 3.63) is 65.5 Å². The highest BCUT2D eigenvalue weighted by Gasteiger charge is 2.31. The van der Waals surface area contributed by atoms with Crippen LogP contribution in [0.25, 0.3) is 6.08 Å². The quantitative estimate of drug-likeness (QED) is 0.564. The summed E-state index contributed by atoms with van der Waals surface area (Å²) in [4.78, 5) is 22.6. The molecule has 0 atom stereocenters. The Morgan fingerprint density at radius 2 is 1.77 bits per heavy atom. The number of rotatable bonds is 4. The van der Waals surface area contributed by atoms with Gasteiger partial charge in [0.25, 0.3) is 0 Å². The van der Waals surface area contributed by atoms with Crippen molar-refractivity contribution in [2.24, 2.45) is 5.73 Å². The van der Waals surface area contributed by atoms with Crippen molar-refractivity contribution in [1.29, 1.82) is 0 Å². The van der Waals surface area contributed by atoms with Crippen molar-refractivity contribution in [2.45, 2.75) is 6.18 Å². The fourth-order valence-corrected chi connectivity index (χ4v) is 1.98. The van der Waals surface area contributed by atoms with Crippen molar-refractivity contribution < 1.29 is 27.2 Å². The lowest BCUT2D eigenvalue weighted by molar-refractivity contribution is -0.137. The van der Waals surface area contributed by atoms with Crippen molar-refractivity contribution in [3.8, 4) is 0 Å². The van der Waals surface area contributed by atoms with E-state index in [9.17, 15) is 27.2 Å². The highest BCUT2D eigenvalue weighted by Crippen LogP contribution is 2.31. The Hall–Kier alpha value is -3.36. The minimum atomic E-state index is -4.66. The van der Waals surface area contributed by atoms with E-state index in [0.717, 1.165) is 6.08 Å². The predicted octanol–water partition coefficient (Wildman–Crippen LogP) is 3.99. The highest BCUT2D eigenvalue weighted by molar-refractivity contribution is 6.00. The molecule has 2 aromatic carbocycles. The summed E-state index contributed by atoms with van der Waals surface area (Å²) in [6.07, 6.45) is -2.13. The van der Waals surface area contributed by atoms with E-state index in [0.29, 0.717) is 23.8 Å². The van der Waals surface area contributed by atoms with Crippen LogP contribution in [0, 0.1) is 5.82 Å². The van der Waals surface area contributed by atoms with Crippen LogP contribution >= 0.6 is 0 Å². The second kappa shape index (κ2) is 7.68. The van der Waals surface area contributed by atoms with Gasteiger partial charge in [0.15, 0.2) is 0 Å². The lowest BCUT2D eigenvalue weighted by Crippen LogP contribution is -2.20. The van der Waals surface area contributed by atoms with Crippen LogP contribution in [-0.4, -0.2) is 11.9 Å². The fraction of sp³-hybridized carbons (Fsp3) is 0.0588. The molecule has 0 aliphatic rings. The molecule has 0 aromatic heterocycles. The van der Waals surface area contributed by atoms with Gasteiger partial charge >= 0.3 is 12.2 Å². The van der Waals surface area contributed by atoms with Crippen LogP contribution in [0.1, 0.15) is 11.1 Å². The molecule has 0 spiro atoms. The number of amides is 3. The molecular weight excluding hydrogens is 354 g/mol. The number of halogens is 4. The first-order valence-electron chi connectivity index (χ1n) is 7.17. The molecule has 3 amide bonds. The molecule has 4 N–H and O–H groups in total. The van der Waals surface area contributed by atoms with Crippen molar-refractivity contribution in [2.75, 3.05) is 10.6 Å². The van der Waals surface area contributed by atoms with Crippen LogP contribution in [0.2, 0.25) is 0 Å². The number of hydrogen-bond acceptors (Lipinski definition) is 2. The Morgan fingerprint density at radius 1 is 1.04 bits per heavy atom. The predicted molar refractivity (Wildman–Crippen MR) is 88.7 cm³/mol. The standard InChI is InChI=1S/C17H13F4N3O2/c18-13-6-5-11(17(19,20)21)9-14(13)24-16(26)23-12-3-1-2-10(8-12)4-7-15(22)25/h1-9H,(H2,22,25)(H2,23,24,26)/b7-4+. The second-order valence-corrected chi connectivity index (χ2v) is 5.13. The third kappa shape index (κ3) is 5.33. The summed E-state index contributed by atoms with van der Waals surface area (Å²) < 4.78 is 51.6. The van der Waals surface area contributed by atoms with E-state index < -0.39 is 35.2 Å². The van der Waals surface area contributed by atoms with Crippen molar-refractivity contribution in [3.63, 3.8) is 0 Å². The average molecular weight is 367 g/mol. The van der Waals surface area contributed by atoms with Gasteiger partial charge in [-0.2, -0.15) is 13.2 Å². The van der Waals surface area contributed by atoms with E-state index in [-0.39, 0.29) is 5.69 Å². The van der Waals surface area contributed by atoms with Gasteiger partial charge in [-0.25, -0.2) is 9.18 Å². The molecule has 0 saturated carbocycles. The van der Waals surface area contributed by atoms with E-state index in [1.165, 1.54) is 18.2 Å². The number of urea groups is 1. The Morgan fingerprint density at radius 3 is 2.42 bits per heavy atom. The molecule has 26 heavy (non-hydrogen) atoms. The van der Waals surface area contributed by atoms with Gasteiger partial charge in [0.05, 0.1) is 11.3 Å². The molecule has 0 aliphatic heterocycles. The van der Waals surface area contributed by atoms with Crippen LogP contribution in [0.5, 0.6) is 0 Å². The van der Waals surface area contributed by atoms with E-state index in [2.05, 4.69) is 5.32 Å². The molecular formula is C17H13F4N3O2. The molecule has 0 saturated heterocycles. The first-order valence-corrected chi connectivity index (χ1v) is 7.17. The molecule has 0 heterocycles. The molecule has 9 heteroatoms. The number of carbonyl (C=O) groups excluding carboxylic acids is 2. The van der Waals surface area contributed by atoms with Crippen LogP contribution in [-0.2, 0) is 11.0 Å². The smallest absolute Gasteiger partial charge is 0.366 e. The summed E-state index contributed by atoms with van der Waals surface area (Å²) in [5.41, 5.74) is 4.11. The van der Waals surface area contributed by atoms with Crippen LogP contribution in [0.3, 0.4) is 0 Å². The molecule has 0 unspecified atom stereocenters. The van der Waals surface area contributed by atoms with Gasteiger partial charge < -0.3 is 16.4 Å². The number of hydrogen-bond donors (Lipinski definition) is 3. The third-order valence-corrected chi connectivity index (χ3v) is 3.13. The Balaban J connectivity index is 2.12. The Bertz CT molecular complexity index is 863. The molecule has 5 nitrogen and oxygen atoms in total. The number of nitrogens with one attached hydrogen (secondary N) is 2. The molecule has 0 fully saturated rings. The van der Waals surface area contributed by atoms with Crippen molar-refractivity contribution in [1.82, 2.24) is 0 Å². The number of carbonyl (C=O) groups is 2. The zero-order valence-corrected chi connectivity index (χ0v) is 13.1. The molecule has 2 aromatic rings. The molecule has 0 bridgehead atoms. The first-order chi connectivity index (χ1) is 12.1. The van der Waals surface area contributed by atoms with Gasteiger partial charge in [0, 0.05) is 11.8 Å². The van der Waals surface area contributed by atoms with E-state index >= 15 is 0 Å². The lowest BCUT2D eigenvalue weighted by atomic mass is 10.2. The normalized spacial score (nSPS) is 11.4. The number of primary amides is 1. The maximum Gasteiger partial charge on any atom is 0.416 e. The Labute approximate surface area is 145 Å². The summed E-state index contributed by atoms with van der Waals surface area (Å²) in [5.74, 6) is -1.66. The van der Waals surface area contributed by atoms with Gasteiger partial charge in [-0.3, -0.25) is 4.79 Å². The number of nitrogens with two attached hydrogens (primary N) is 1. The van der Waals surface area contributed by atoms with Gasteiger partial charge in [-0.15, -0.1) is 0 Å². The summed E-state index contributed by atoms with van der Waals surface area (Å²) in [7, 11) is 0. The molecule has 2 rings (SSSR count). The maximum absolute atomic E-state index is 13.6. The summed E-state index contributed by atoms with van der Waals surface area (Å²) in [6, 6.07) is 6.96. The SMILES string of the molecule is NC(=O)/C=C/c1cccc(NC(=O)Nc2cc(C(F)(F)F)ccc2F)c1. The van der Waals surface area contributed by atoms with Gasteiger partial charge in [0.2, 0.25) is 5.91 Å². The van der Waals surface area contributed by atoms with Crippen LogP contribution < -0.4 is 16.4 Å². The molecule has 0 aliphatic carbocycles. The average Bonchev–Trinajstić information content (AvgIpc) is 2.54. The third-order valence-electron chi connectivity index (χ3n) is 3.13. The zero-order valence-electron chi connectivity index (χ0n) is 13.1. The molecule has 0 radical (unpaired) electrons. The largest absolute Gasteiger partial charge is 0.416 e. The van der Waals surface area contributed by atoms with Crippen LogP contribution in [0.4, 0.5) is 33.7 Å². The van der Waals surface area contributed by atoms with Gasteiger partial charge in [-0.05, 0) is 42.0 Å². The molecule has 136 valence electrons. The van der Waals surface area contributed by atoms with E-state index in [1.807, 2.05) is 5.32 Å². The zero-order chi connectivity index (χ0) is 19.3. The summed E-state index contributed by atoms with van der Waals surface area (Å²) in [5, 5.41) is 4.38. The van der Waals surface area contributed by atoms with Crippen LogP contribution in [0.15, 0.2) is 48.5 Å². The Kier molecular flexibility index (Phi) is 5.61. The number of anilines is 2.